The first-order chi connectivity index (χ1) is 10.6. The molecule has 1 aromatic heterocycles. The maximum Gasteiger partial charge on any atom is 0.222 e. The fourth-order valence-corrected chi connectivity index (χ4v) is 3.09. The molecule has 1 atom stereocenters. The number of aromatic amines is 1. The molecule has 116 valence electrons. The van der Waals surface area contributed by atoms with Gasteiger partial charge in [0.15, 0.2) is 0 Å². The van der Waals surface area contributed by atoms with E-state index < -0.39 is 0 Å². The lowest BCUT2D eigenvalue weighted by Gasteiger charge is -2.16. The Morgan fingerprint density at radius 2 is 2.27 bits per heavy atom. The number of likely N-dealkylation sites (tertiary alicyclic amines) is 1. The SMILES string of the molecule is Cc1cn[nH]c1[C@@H]1CCN(C(=O)CCc2ccccc2F)C1. The number of carbonyl (C=O) groups is 1. The van der Waals surface area contributed by atoms with Crippen LogP contribution < -0.4 is 0 Å². The van der Waals surface area contributed by atoms with Gasteiger partial charge in [-0.15, -0.1) is 0 Å². The number of nitrogens with zero attached hydrogens (tertiary/aromatic N) is 2. The number of carbonyl (C=O) groups excluding carboxylic acids is 1. The minimum Gasteiger partial charge on any atom is -0.342 e. The zero-order chi connectivity index (χ0) is 15.5. The normalized spacial score (nSPS) is 17.9. The van der Waals surface area contributed by atoms with Crippen molar-refractivity contribution in [3.05, 3.63) is 53.1 Å². The van der Waals surface area contributed by atoms with Crippen molar-refractivity contribution in [2.45, 2.75) is 32.1 Å². The summed E-state index contributed by atoms with van der Waals surface area (Å²) >= 11 is 0. The second-order valence-electron chi connectivity index (χ2n) is 5.88. The lowest BCUT2D eigenvalue weighted by molar-refractivity contribution is -0.130. The number of amides is 1. The summed E-state index contributed by atoms with van der Waals surface area (Å²) in [5.41, 5.74) is 2.88. The summed E-state index contributed by atoms with van der Waals surface area (Å²) in [7, 11) is 0. The maximum absolute atomic E-state index is 13.6. The predicted octanol–water partition coefficient (Wildman–Crippen LogP) is 2.81. The van der Waals surface area contributed by atoms with Gasteiger partial charge >= 0.3 is 0 Å². The number of halogens is 1. The molecule has 5 heteroatoms. The van der Waals surface area contributed by atoms with E-state index in [1.54, 1.807) is 18.2 Å². The molecule has 1 amide bonds. The number of hydrogen-bond acceptors (Lipinski definition) is 2. The lowest BCUT2D eigenvalue weighted by atomic mass is 10.0. The molecule has 1 aromatic carbocycles. The van der Waals surface area contributed by atoms with Crippen LogP contribution in [0.3, 0.4) is 0 Å². The van der Waals surface area contributed by atoms with Crippen molar-refractivity contribution in [1.82, 2.24) is 15.1 Å². The molecule has 2 heterocycles. The Kier molecular flexibility index (Phi) is 4.22. The van der Waals surface area contributed by atoms with Gasteiger partial charge in [-0.05, 0) is 37.0 Å². The number of benzene rings is 1. The van der Waals surface area contributed by atoms with Crippen LogP contribution in [-0.4, -0.2) is 34.1 Å². The van der Waals surface area contributed by atoms with Crippen molar-refractivity contribution < 1.29 is 9.18 Å². The lowest BCUT2D eigenvalue weighted by Crippen LogP contribution is -2.28. The van der Waals surface area contributed by atoms with E-state index in [9.17, 15) is 9.18 Å². The van der Waals surface area contributed by atoms with Crippen molar-refractivity contribution in [3.63, 3.8) is 0 Å². The third-order valence-corrected chi connectivity index (χ3v) is 4.38. The molecule has 2 aromatic rings. The molecule has 0 spiro atoms. The molecule has 0 unspecified atom stereocenters. The van der Waals surface area contributed by atoms with Gasteiger partial charge < -0.3 is 4.90 Å². The van der Waals surface area contributed by atoms with Crippen LogP contribution in [0.5, 0.6) is 0 Å². The van der Waals surface area contributed by atoms with Gasteiger partial charge in [-0.25, -0.2) is 4.39 Å². The van der Waals surface area contributed by atoms with Crippen molar-refractivity contribution in [3.8, 4) is 0 Å². The molecule has 22 heavy (non-hydrogen) atoms. The molecule has 0 aliphatic carbocycles. The molecule has 1 N–H and O–H groups in total. The van der Waals surface area contributed by atoms with Gasteiger partial charge in [0.1, 0.15) is 5.82 Å². The van der Waals surface area contributed by atoms with Gasteiger partial charge in [-0.2, -0.15) is 5.10 Å². The molecule has 1 aliphatic heterocycles. The first-order valence-electron chi connectivity index (χ1n) is 7.66. The van der Waals surface area contributed by atoms with Crippen molar-refractivity contribution in [2.24, 2.45) is 0 Å². The van der Waals surface area contributed by atoms with Crippen LogP contribution in [0.4, 0.5) is 4.39 Å². The average Bonchev–Trinajstić information content (AvgIpc) is 3.14. The van der Waals surface area contributed by atoms with Crippen molar-refractivity contribution in [2.75, 3.05) is 13.1 Å². The third-order valence-electron chi connectivity index (χ3n) is 4.38. The summed E-state index contributed by atoms with van der Waals surface area (Å²) in [6.45, 7) is 3.51. The predicted molar refractivity (Wildman–Crippen MR) is 82.0 cm³/mol. The first-order valence-corrected chi connectivity index (χ1v) is 7.66. The van der Waals surface area contributed by atoms with Gasteiger partial charge in [-0.3, -0.25) is 9.89 Å². The van der Waals surface area contributed by atoms with E-state index in [1.165, 1.54) is 6.07 Å². The Labute approximate surface area is 129 Å². The minimum atomic E-state index is -0.234. The van der Waals surface area contributed by atoms with Gasteiger partial charge in [-0.1, -0.05) is 18.2 Å². The van der Waals surface area contributed by atoms with Crippen molar-refractivity contribution in [1.29, 1.82) is 0 Å². The number of rotatable bonds is 4. The largest absolute Gasteiger partial charge is 0.342 e. The Morgan fingerprint density at radius 3 is 3.00 bits per heavy atom. The highest BCUT2D eigenvalue weighted by Gasteiger charge is 2.28. The highest BCUT2D eigenvalue weighted by Crippen LogP contribution is 2.28. The van der Waals surface area contributed by atoms with Gasteiger partial charge in [0.25, 0.3) is 0 Å². The van der Waals surface area contributed by atoms with Crippen LogP contribution in [0.1, 0.15) is 35.6 Å². The molecular weight excluding hydrogens is 281 g/mol. The van der Waals surface area contributed by atoms with Crippen LogP contribution in [0, 0.1) is 12.7 Å². The fraction of sp³-hybridized carbons (Fsp3) is 0.412. The molecule has 0 bridgehead atoms. The quantitative estimate of drug-likeness (QED) is 0.944. The number of nitrogens with one attached hydrogen (secondary N) is 1. The molecular formula is C17H20FN3O. The number of H-pyrrole nitrogens is 1. The Morgan fingerprint density at radius 1 is 1.45 bits per heavy atom. The van der Waals surface area contributed by atoms with Gasteiger partial charge in [0.2, 0.25) is 5.91 Å². The number of aromatic nitrogens is 2. The summed E-state index contributed by atoms with van der Waals surface area (Å²) in [4.78, 5) is 14.2. The summed E-state index contributed by atoms with van der Waals surface area (Å²) in [5.74, 6) is 0.200. The van der Waals surface area contributed by atoms with E-state index in [-0.39, 0.29) is 11.7 Å². The van der Waals surface area contributed by atoms with Crippen LogP contribution in [0.25, 0.3) is 0 Å². The second kappa shape index (κ2) is 6.30. The van der Waals surface area contributed by atoms with Gasteiger partial charge in [0.05, 0.1) is 6.20 Å². The van der Waals surface area contributed by atoms with Gasteiger partial charge in [0, 0.05) is 31.1 Å². The van der Waals surface area contributed by atoms with E-state index in [0.29, 0.717) is 24.3 Å². The molecule has 1 fully saturated rings. The van der Waals surface area contributed by atoms with Crippen LogP contribution in [-0.2, 0) is 11.2 Å². The Bertz CT molecular complexity index is 667. The second-order valence-corrected chi connectivity index (χ2v) is 5.88. The Balaban J connectivity index is 1.56. The monoisotopic (exact) mass is 301 g/mol. The summed E-state index contributed by atoms with van der Waals surface area (Å²) < 4.78 is 13.6. The number of hydrogen-bond donors (Lipinski definition) is 1. The first kappa shape index (κ1) is 14.8. The zero-order valence-corrected chi connectivity index (χ0v) is 12.7. The summed E-state index contributed by atoms with van der Waals surface area (Å²) in [6, 6.07) is 6.64. The number of aryl methyl sites for hydroxylation is 2. The van der Waals surface area contributed by atoms with Crippen LogP contribution in [0.2, 0.25) is 0 Å². The smallest absolute Gasteiger partial charge is 0.222 e. The molecule has 4 nitrogen and oxygen atoms in total. The summed E-state index contributed by atoms with van der Waals surface area (Å²) in [5, 5.41) is 7.09. The maximum atomic E-state index is 13.6. The third kappa shape index (κ3) is 3.03. The Hall–Kier alpha value is -2.17. The van der Waals surface area contributed by atoms with E-state index in [1.807, 2.05) is 18.0 Å². The molecule has 0 saturated carbocycles. The van der Waals surface area contributed by atoms with Crippen molar-refractivity contribution >= 4 is 5.91 Å². The topological polar surface area (TPSA) is 49.0 Å². The highest BCUT2D eigenvalue weighted by molar-refractivity contribution is 5.76. The highest BCUT2D eigenvalue weighted by atomic mass is 19.1. The standard InChI is InChI=1S/C17H20FN3O/c1-12-10-19-20-17(12)14-8-9-21(11-14)16(22)7-6-13-4-2-3-5-15(13)18/h2-5,10,14H,6-9,11H2,1H3,(H,19,20)/t14-/m1/s1. The van der Waals surface area contributed by atoms with Crippen LogP contribution in [0.15, 0.2) is 30.5 Å². The van der Waals surface area contributed by atoms with E-state index in [2.05, 4.69) is 10.2 Å². The fourth-order valence-electron chi connectivity index (χ4n) is 3.09. The zero-order valence-electron chi connectivity index (χ0n) is 12.7. The minimum absolute atomic E-state index is 0.0999. The molecule has 1 aliphatic rings. The van der Waals surface area contributed by atoms with E-state index in [0.717, 1.165) is 30.8 Å². The molecule has 1 saturated heterocycles. The molecule has 3 rings (SSSR count). The van der Waals surface area contributed by atoms with E-state index in [4.69, 9.17) is 0 Å². The average molecular weight is 301 g/mol. The van der Waals surface area contributed by atoms with Crippen LogP contribution >= 0.6 is 0 Å². The van der Waals surface area contributed by atoms with E-state index >= 15 is 0 Å². The molecule has 0 radical (unpaired) electrons. The summed E-state index contributed by atoms with van der Waals surface area (Å²) in [6.07, 6.45) is 3.58.